The summed E-state index contributed by atoms with van der Waals surface area (Å²) < 4.78 is 0. The van der Waals surface area contributed by atoms with Gasteiger partial charge in [0.25, 0.3) is 0 Å². The van der Waals surface area contributed by atoms with Crippen LogP contribution in [0, 0.1) is 0 Å². The van der Waals surface area contributed by atoms with E-state index < -0.39 is 0 Å². The Morgan fingerprint density at radius 2 is 1.55 bits per heavy atom. The Kier molecular flexibility index (Phi) is 6.98. The van der Waals surface area contributed by atoms with Crippen molar-refractivity contribution in [2.45, 2.75) is 50.0 Å². The molecule has 1 aliphatic rings. The second kappa shape index (κ2) is 10.3. The lowest BCUT2D eigenvalue weighted by Crippen LogP contribution is -2.48. The number of aromatic nitrogens is 1. The lowest BCUT2D eigenvalue weighted by molar-refractivity contribution is -0.122. The van der Waals surface area contributed by atoms with Gasteiger partial charge in [0.15, 0.2) is 0 Å². The van der Waals surface area contributed by atoms with E-state index in [-0.39, 0.29) is 17.4 Å². The van der Waals surface area contributed by atoms with E-state index in [0.717, 1.165) is 29.8 Å². The molecular weight excluding hydrogens is 382 g/mol. The monoisotopic (exact) mass is 413 g/mol. The fourth-order valence-corrected chi connectivity index (χ4v) is 4.60. The zero-order chi connectivity index (χ0) is 21.4. The van der Waals surface area contributed by atoms with Gasteiger partial charge < -0.3 is 10.6 Å². The van der Waals surface area contributed by atoms with Crippen molar-refractivity contribution < 1.29 is 4.79 Å². The van der Waals surface area contributed by atoms with Crippen LogP contribution in [0.25, 0.3) is 0 Å². The summed E-state index contributed by atoms with van der Waals surface area (Å²) in [6, 6.07) is 25.9. The number of nitrogens with one attached hydrogen (secondary N) is 2. The Bertz CT molecular complexity index is 896. The van der Waals surface area contributed by atoms with E-state index in [1.165, 1.54) is 19.3 Å². The Labute approximate surface area is 185 Å². The van der Waals surface area contributed by atoms with Crippen molar-refractivity contribution in [3.8, 4) is 0 Å². The molecule has 4 nitrogen and oxygen atoms in total. The topological polar surface area (TPSA) is 54.0 Å². The van der Waals surface area contributed by atoms with E-state index in [0.29, 0.717) is 13.0 Å². The molecule has 1 fully saturated rings. The van der Waals surface area contributed by atoms with Gasteiger partial charge >= 0.3 is 0 Å². The first-order valence-corrected chi connectivity index (χ1v) is 11.3. The predicted octanol–water partition coefficient (Wildman–Crippen LogP) is 5.12. The van der Waals surface area contributed by atoms with Crippen molar-refractivity contribution in [2.75, 3.05) is 11.9 Å². The molecule has 0 bridgehead atoms. The fraction of sp³-hybridized carbons (Fsp3) is 0.333. The Hall–Kier alpha value is -3.14. The zero-order valence-electron chi connectivity index (χ0n) is 18.0. The highest BCUT2D eigenvalue weighted by Crippen LogP contribution is 2.38. The molecule has 3 aromatic rings. The Balaban J connectivity index is 1.50. The maximum absolute atomic E-state index is 13.4. The van der Waals surface area contributed by atoms with Crippen LogP contribution in [0.15, 0.2) is 85.1 Å². The molecule has 1 heterocycles. The number of carbonyl (C=O) groups is 1. The molecule has 4 heteroatoms. The highest BCUT2D eigenvalue weighted by atomic mass is 16.2. The molecule has 0 spiro atoms. The molecule has 1 atom stereocenters. The van der Waals surface area contributed by atoms with Crippen molar-refractivity contribution in [1.29, 1.82) is 0 Å². The Morgan fingerprint density at radius 3 is 2.23 bits per heavy atom. The number of benzene rings is 2. The van der Waals surface area contributed by atoms with Gasteiger partial charge in [-0.05, 0) is 42.7 Å². The van der Waals surface area contributed by atoms with Crippen LogP contribution in [0.3, 0.4) is 0 Å². The molecule has 0 aliphatic heterocycles. The second-order valence-electron chi connectivity index (χ2n) is 8.53. The number of nitrogens with zero attached hydrogens (tertiary/aromatic N) is 1. The van der Waals surface area contributed by atoms with Gasteiger partial charge in [-0.3, -0.25) is 9.78 Å². The summed E-state index contributed by atoms with van der Waals surface area (Å²) in [4.78, 5) is 18.0. The number of anilines is 1. The van der Waals surface area contributed by atoms with Crippen LogP contribution in [-0.4, -0.2) is 23.5 Å². The van der Waals surface area contributed by atoms with Gasteiger partial charge in [-0.15, -0.1) is 0 Å². The molecule has 1 amide bonds. The van der Waals surface area contributed by atoms with E-state index in [1.807, 2.05) is 60.8 Å². The van der Waals surface area contributed by atoms with Crippen molar-refractivity contribution >= 4 is 11.6 Å². The summed E-state index contributed by atoms with van der Waals surface area (Å²) in [7, 11) is 0. The minimum atomic E-state index is -0.339. The first-order chi connectivity index (χ1) is 15.3. The van der Waals surface area contributed by atoms with Gasteiger partial charge in [0.05, 0.1) is 0 Å². The van der Waals surface area contributed by atoms with Crippen LogP contribution in [0.4, 0.5) is 5.69 Å². The van der Waals surface area contributed by atoms with Gasteiger partial charge in [0.1, 0.15) is 6.04 Å². The Morgan fingerprint density at radius 1 is 0.871 bits per heavy atom. The van der Waals surface area contributed by atoms with Crippen LogP contribution in [-0.2, 0) is 16.6 Å². The van der Waals surface area contributed by atoms with Gasteiger partial charge in [0.2, 0.25) is 5.91 Å². The number of para-hydroxylation sites is 1. The number of carbonyl (C=O) groups excluding carboxylic acids is 1. The molecule has 4 rings (SSSR count). The first kappa shape index (κ1) is 21.1. The number of pyridine rings is 1. The van der Waals surface area contributed by atoms with Crippen LogP contribution < -0.4 is 10.6 Å². The summed E-state index contributed by atoms with van der Waals surface area (Å²) in [5.74, 6) is 0.0357. The van der Waals surface area contributed by atoms with E-state index >= 15 is 0 Å². The van der Waals surface area contributed by atoms with E-state index in [1.54, 1.807) is 0 Å². The average molecular weight is 414 g/mol. The molecule has 0 radical (unpaired) electrons. The standard InChI is InChI=1S/C27H31N3O/c31-26(29-21-27(17-9-3-10-18-27)25-16-8-11-19-28-25)24(20-22-12-4-1-5-13-22)30-23-14-6-2-7-15-23/h1-2,4-8,11-16,19,24,30H,3,9-10,17-18,20-21H2,(H,29,31)/t24-/m0/s1. The van der Waals surface area contributed by atoms with E-state index in [4.69, 9.17) is 0 Å². The van der Waals surface area contributed by atoms with Gasteiger partial charge in [-0.25, -0.2) is 0 Å². The maximum Gasteiger partial charge on any atom is 0.242 e. The third-order valence-corrected chi connectivity index (χ3v) is 6.33. The molecule has 31 heavy (non-hydrogen) atoms. The lowest BCUT2D eigenvalue weighted by atomic mass is 9.71. The smallest absolute Gasteiger partial charge is 0.242 e. The number of hydrogen-bond donors (Lipinski definition) is 2. The minimum Gasteiger partial charge on any atom is -0.373 e. The highest BCUT2D eigenvalue weighted by molar-refractivity contribution is 5.85. The van der Waals surface area contributed by atoms with E-state index in [2.05, 4.69) is 39.9 Å². The van der Waals surface area contributed by atoms with Crippen LogP contribution in [0.2, 0.25) is 0 Å². The average Bonchev–Trinajstić information content (AvgIpc) is 2.84. The summed E-state index contributed by atoms with van der Waals surface area (Å²) in [6.07, 6.45) is 8.26. The van der Waals surface area contributed by atoms with Crippen LogP contribution in [0.5, 0.6) is 0 Å². The summed E-state index contributed by atoms with van der Waals surface area (Å²) in [5.41, 5.74) is 3.13. The largest absolute Gasteiger partial charge is 0.373 e. The predicted molar refractivity (Wildman–Crippen MR) is 126 cm³/mol. The van der Waals surface area contributed by atoms with Gasteiger partial charge in [0, 0.05) is 36.0 Å². The first-order valence-electron chi connectivity index (χ1n) is 11.3. The van der Waals surface area contributed by atoms with Crippen molar-refractivity contribution in [2.24, 2.45) is 0 Å². The molecule has 0 unspecified atom stereocenters. The molecular formula is C27H31N3O. The number of amides is 1. The number of hydrogen-bond acceptors (Lipinski definition) is 3. The summed E-state index contributed by atoms with van der Waals surface area (Å²) in [6.45, 7) is 0.630. The molecule has 1 saturated carbocycles. The molecule has 1 aromatic heterocycles. The molecule has 2 N–H and O–H groups in total. The summed E-state index contributed by atoms with van der Waals surface area (Å²) in [5, 5.41) is 6.73. The minimum absolute atomic E-state index is 0.0357. The maximum atomic E-state index is 13.4. The number of rotatable bonds is 8. The quantitative estimate of drug-likeness (QED) is 0.539. The lowest BCUT2D eigenvalue weighted by Gasteiger charge is -2.37. The molecule has 0 saturated heterocycles. The van der Waals surface area contributed by atoms with Gasteiger partial charge in [-0.2, -0.15) is 0 Å². The SMILES string of the molecule is O=C(NCC1(c2ccccn2)CCCCC1)[C@H](Cc1ccccc1)Nc1ccccc1. The zero-order valence-corrected chi connectivity index (χ0v) is 18.0. The molecule has 160 valence electrons. The van der Waals surface area contributed by atoms with Gasteiger partial charge in [-0.1, -0.05) is 73.9 Å². The van der Waals surface area contributed by atoms with Crippen LogP contribution >= 0.6 is 0 Å². The third-order valence-electron chi connectivity index (χ3n) is 6.33. The fourth-order valence-electron chi connectivity index (χ4n) is 4.60. The third kappa shape index (κ3) is 5.52. The molecule has 2 aromatic carbocycles. The van der Waals surface area contributed by atoms with Crippen molar-refractivity contribution in [3.63, 3.8) is 0 Å². The summed E-state index contributed by atoms with van der Waals surface area (Å²) >= 11 is 0. The van der Waals surface area contributed by atoms with Crippen molar-refractivity contribution in [3.05, 3.63) is 96.3 Å². The van der Waals surface area contributed by atoms with E-state index in [9.17, 15) is 4.79 Å². The molecule has 1 aliphatic carbocycles. The van der Waals surface area contributed by atoms with Crippen molar-refractivity contribution in [1.82, 2.24) is 10.3 Å². The second-order valence-corrected chi connectivity index (χ2v) is 8.53. The normalized spacial score (nSPS) is 16.3. The van der Waals surface area contributed by atoms with Crippen LogP contribution in [0.1, 0.15) is 43.4 Å². The highest BCUT2D eigenvalue weighted by Gasteiger charge is 2.36.